The monoisotopic (exact) mass is 370 g/mol. The van der Waals surface area contributed by atoms with Crippen LogP contribution in [0.15, 0.2) is 48.5 Å². The number of likely N-dealkylation sites (tertiary alicyclic amines) is 1. The van der Waals surface area contributed by atoms with Gasteiger partial charge in [-0.15, -0.1) is 0 Å². The zero-order valence-corrected chi connectivity index (χ0v) is 15.8. The van der Waals surface area contributed by atoms with Crippen molar-refractivity contribution in [3.8, 4) is 5.75 Å². The fourth-order valence-electron chi connectivity index (χ4n) is 3.60. The number of nitrogens with zero attached hydrogens (tertiary/aromatic N) is 1. The first-order valence-corrected chi connectivity index (χ1v) is 9.55. The zero-order valence-electron chi connectivity index (χ0n) is 15.8. The van der Waals surface area contributed by atoms with Crippen LogP contribution in [0, 0.1) is 5.82 Å². The van der Waals surface area contributed by atoms with Crippen LogP contribution < -0.4 is 10.1 Å². The third kappa shape index (κ3) is 5.54. The molecule has 1 heterocycles. The summed E-state index contributed by atoms with van der Waals surface area (Å²) in [5, 5.41) is 2.95. The second-order valence-corrected chi connectivity index (χ2v) is 7.01. The summed E-state index contributed by atoms with van der Waals surface area (Å²) in [6.07, 6.45) is 4.53. The van der Waals surface area contributed by atoms with Crippen LogP contribution >= 0.6 is 0 Å². The number of hydrogen-bond donors (Lipinski definition) is 1. The van der Waals surface area contributed by atoms with Crippen molar-refractivity contribution >= 4 is 5.91 Å². The molecular formula is C22H27FN2O2. The standard InChI is InChI=1S/C22H27FN2O2/c1-27-20-12-8-18(9-13-20)21-5-3-2-4-14-25(21)16-22(26)24-15-17-6-10-19(23)11-7-17/h6-13,21H,2-5,14-16H2,1H3,(H,24,26)/t21-/m1/s1. The molecule has 0 spiro atoms. The average molecular weight is 370 g/mol. The number of carbonyl (C=O) groups excluding carboxylic acids is 1. The summed E-state index contributed by atoms with van der Waals surface area (Å²) >= 11 is 0. The SMILES string of the molecule is COc1ccc([C@H]2CCCCCN2CC(=O)NCc2ccc(F)cc2)cc1. The Morgan fingerprint density at radius 3 is 2.56 bits per heavy atom. The topological polar surface area (TPSA) is 41.6 Å². The zero-order chi connectivity index (χ0) is 19.1. The van der Waals surface area contributed by atoms with E-state index in [0.29, 0.717) is 13.1 Å². The molecule has 1 fully saturated rings. The number of halogens is 1. The molecule has 0 saturated carbocycles. The van der Waals surface area contributed by atoms with E-state index < -0.39 is 0 Å². The van der Waals surface area contributed by atoms with E-state index in [2.05, 4.69) is 22.3 Å². The van der Waals surface area contributed by atoms with Crippen molar-refractivity contribution in [3.05, 3.63) is 65.5 Å². The summed E-state index contributed by atoms with van der Waals surface area (Å²) < 4.78 is 18.2. The maximum Gasteiger partial charge on any atom is 0.234 e. The molecule has 144 valence electrons. The quantitative estimate of drug-likeness (QED) is 0.833. The molecular weight excluding hydrogens is 343 g/mol. The molecule has 0 aliphatic carbocycles. The van der Waals surface area contributed by atoms with Gasteiger partial charge in [0.1, 0.15) is 11.6 Å². The highest BCUT2D eigenvalue weighted by atomic mass is 19.1. The highest BCUT2D eigenvalue weighted by Gasteiger charge is 2.24. The van der Waals surface area contributed by atoms with Crippen LogP contribution in [0.2, 0.25) is 0 Å². The van der Waals surface area contributed by atoms with Crippen LogP contribution in [-0.2, 0) is 11.3 Å². The number of hydrogen-bond acceptors (Lipinski definition) is 3. The molecule has 0 radical (unpaired) electrons. The molecule has 2 aromatic rings. The van der Waals surface area contributed by atoms with Gasteiger partial charge in [-0.05, 0) is 54.8 Å². The second-order valence-electron chi connectivity index (χ2n) is 7.01. The van der Waals surface area contributed by atoms with E-state index in [1.165, 1.54) is 30.5 Å². The molecule has 1 aliphatic rings. The molecule has 2 aromatic carbocycles. The smallest absolute Gasteiger partial charge is 0.234 e. The van der Waals surface area contributed by atoms with E-state index in [9.17, 15) is 9.18 Å². The Labute approximate surface area is 160 Å². The van der Waals surface area contributed by atoms with Crippen molar-refractivity contribution in [2.75, 3.05) is 20.2 Å². The minimum atomic E-state index is -0.267. The number of rotatable bonds is 6. The minimum absolute atomic E-state index is 0.000244. The van der Waals surface area contributed by atoms with Gasteiger partial charge >= 0.3 is 0 Å². The lowest BCUT2D eigenvalue weighted by Gasteiger charge is -2.29. The Balaban J connectivity index is 1.62. The van der Waals surface area contributed by atoms with Gasteiger partial charge in [-0.25, -0.2) is 4.39 Å². The van der Waals surface area contributed by atoms with Crippen molar-refractivity contribution < 1.29 is 13.9 Å². The third-order valence-corrected chi connectivity index (χ3v) is 5.11. The number of amides is 1. The molecule has 4 nitrogen and oxygen atoms in total. The second kappa shape index (κ2) is 9.51. The Hall–Kier alpha value is -2.40. The van der Waals surface area contributed by atoms with Crippen LogP contribution in [0.25, 0.3) is 0 Å². The molecule has 1 N–H and O–H groups in total. The summed E-state index contributed by atoms with van der Waals surface area (Å²) in [4.78, 5) is 14.8. The first kappa shape index (κ1) is 19.4. The van der Waals surface area contributed by atoms with Gasteiger partial charge in [0.25, 0.3) is 0 Å². The van der Waals surface area contributed by atoms with Crippen LogP contribution in [0.1, 0.15) is 42.9 Å². The molecule has 1 amide bonds. The number of methoxy groups -OCH3 is 1. The van der Waals surface area contributed by atoms with Crippen LogP contribution in [-0.4, -0.2) is 31.0 Å². The minimum Gasteiger partial charge on any atom is -0.497 e. The lowest BCUT2D eigenvalue weighted by molar-refractivity contribution is -0.123. The van der Waals surface area contributed by atoms with Crippen LogP contribution in [0.5, 0.6) is 5.75 Å². The largest absolute Gasteiger partial charge is 0.497 e. The van der Waals surface area contributed by atoms with Crippen LogP contribution in [0.3, 0.4) is 0 Å². The molecule has 5 heteroatoms. The Kier molecular flexibility index (Phi) is 6.82. The summed E-state index contributed by atoms with van der Waals surface area (Å²) in [5.74, 6) is 0.577. The fourth-order valence-corrected chi connectivity index (χ4v) is 3.60. The first-order chi connectivity index (χ1) is 13.2. The number of nitrogens with one attached hydrogen (secondary N) is 1. The summed E-state index contributed by atoms with van der Waals surface area (Å²) in [6.45, 7) is 1.71. The summed E-state index contributed by atoms with van der Waals surface area (Å²) in [5.41, 5.74) is 2.12. The number of ether oxygens (including phenoxy) is 1. The molecule has 27 heavy (non-hydrogen) atoms. The van der Waals surface area contributed by atoms with Gasteiger partial charge in [0.2, 0.25) is 5.91 Å². The van der Waals surface area contributed by atoms with Crippen molar-refractivity contribution in [1.82, 2.24) is 10.2 Å². The van der Waals surface area contributed by atoms with E-state index in [1.807, 2.05) is 12.1 Å². The van der Waals surface area contributed by atoms with Crippen molar-refractivity contribution in [2.45, 2.75) is 38.3 Å². The molecule has 3 rings (SSSR count). The van der Waals surface area contributed by atoms with Gasteiger partial charge < -0.3 is 10.1 Å². The maximum absolute atomic E-state index is 13.0. The lowest BCUT2D eigenvalue weighted by Crippen LogP contribution is -2.39. The van der Waals surface area contributed by atoms with E-state index >= 15 is 0 Å². The molecule has 0 bridgehead atoms. The molecule has 1 aliphatic heterocycles. The highest BCUT2D eigenvalue weighted by molar-refractivity contribution is 5.78. The predicted molar refractivity (Wildman–Crippen MR) is 104 cm³/mol. The maximum atomic E-state index is 13.0. The van der Waals surface area contributed by atoms with E-state index in [1.54, 1.807) is 19.2 Å². The van der Waals surface area contributed by atoms with Crippen molar-refractivity contribution in [1.29, 1.82) is 0 Å². The van der Waals surface area contributed by atoms with E-state index in [0.717, 1.165) is 30.7 Å². The van der Waals surface area contributed by atoms with Gasteiger partial charge in [0, 0.05) is 12.6 Å². The molecule has 1 atom stereocenters. The highest BCUT2D eigenvalue weighted by Crippen LogP contribution is 2.30. The Morgan fingerprint density at radius 2 is 1.85 bits per heavy atom. The fraction of sp³-hybridized carbons (Fsp3) is 0.409. The van der Waals surface area contributed by atoms with Gasteiger partial charge in [0.15, 0.2) is 0 Å². The molecule has 0 aromatic heterocycles. The molecule has 0 unspecified atom stereocenters. The van der Waals surface area contributed by atoms with Crippen molar-refractivity contribution in [2.24, 2.45) is 0 Å². The van der Waals surface area contributed by atoms with E-state index in [4.69, 9.17) is 4.74 Å². The number of carbonyl (C=O) groups is 1. The first-order valence-electron chi connectivity index (χ1n) is 9.55. The van der Waals surface area contributed by atoms with Gasteiger partial charge in [-0.1, -0.05) is 37.1 Å². The predicted octanol–water partition coefficient (Wildman–Crippen LogP) is 4.07. The summed E-state index contributed by atoms with van der Waals surface area (Å²) in [6, 6.07) is 14.6. The Morgan fingerprint density at radius 1 is 1.11 bits per heavy atom. The van der Waals surface area contributed by atoms with Gasteiger partial charge in [-0.3, -0.25) is 9.69 Å². The lowest BCUT2D eigenvalue weighted by atomic mass is 10.0. The summed E-state index contributed by atoms with van der Waals surface area (Å²) in [7, 11) is 1.67. The van der Waals surface area contributed by atoms with Gasteiger partial charge in [0.05, 0.1) is 13.7 Å². The normalized spacial score (nSPS) is 17.9. The van der Waals surface area contributed by atoms with Crippen molar-refractivity contribution in [3.63, 3.8) is 0 Å². The molecule has 1 saturated heterocycles. The van der Waals surface area contributed by atoms with Crippen LogP contribution in [0.4, 0.5) is 4.39 Å². The third-order valence-electron chi connectivity index (χ3n) is 5.11. The average Bonchev–Trinajstić information content (AvgIpc) is 2.93. The Bertz CT molecular complexity index is 731. The van der Waals surface area contributed by atoms with E-state index in [-0.39, 0.29) is 17.8 Å². The number of benzene rings is 2. The van der Waals surface area contributed by atoms with Gasteiger partial charge in [-0.2, -0.15) is 0 Å².